The number of para-hydroxylation sites is 1. The second kappa shape index (κ2) is 9.33. The van der Waals surface area contributed by atoms with E-state index in [1.807, 2.05) is 37.4 Å². The number of benzene rings is 1. The Kier molecular flexibility index (Phi) is 6.85. The summed E-state index contributed by atoms with van der Waals surface area (Å²) in [6.45, 7) is 5.21. The van der Waals surface area contributed by atoms with Crippen LogP contribution in [0.15, 0.2) is 30.3 Å². The van der Waals surface area contributed by atoms with Crippen LogP contribution >= 0.6 is 0 Å². The smallest absolute Gasteiger partial charge is 0.239 e. The fraction of sp³-hybridized carbons (Fsp3) is 0.619. The van der Waals surface area contributed by atoms with Crippen molar-refractivity contribution in [2.75, 3.05) is 58.4 Å². The van der Waals surface area contributed by atoms with Crippen LogP contribution in [-0.4, -0.2) is 75.1 Å². The molecule has 2 amide bonds. The molecule has 1 atom stereocenters. The number of likely N-dealkylation sites (tertiary alicyclic amines) is 1. The van der Waals surface area contributed by atoms with Gasteiger partial charge in [-0.2, -0.15) is 0 Å². The Hall–Kier alpha value is -1.92. The zero-order valence-electron chi connectivity index (χ0n) is 16.5. The van der Waals surface area contributed by atoms with Crippen molar-refractivity contribution in [3.63, 3.8) is 0 Å². The average Bonchev–Trinajstić information content (AvgIpc) is 3.08. The van der Waals surface area contributed by atoms with Gasteiger partial charge in [-0.25, -0.2) is 0 Å². The van der Waals surface area contributed by atoms with Crippen LogP contribution in [0.5, 0.6) is 0 Å². The van der Waals surface area contributed by atoms with Gasteiger partial charge in [0, 0.05) is 39.5 Å². The minimum atomic E-state index is -0.531. The maximum absolute atomic E-state index is 12.9. The van der Waals surface area contributed by atoms with E-state index in [2.05, 4.69) is 4.90 Å². The lowest BCUT2D eigenvalue weighted by atomic mass is 9.95. The summed E-state index contributed by atoms with van der Waals surface area (Å²) in [5.74, 6) is -0.107. The molecule has 1 aromatic rings. The highest BCUT2D eigenvalue weighted by Crippen LogP contribution is 2.27. The third-order valence-electron chi connectivity index (χ3n) is 5.80. The number of nitrogens with zero attached hydrogens (tertiary/aromatic N) is 3. The third-order valence-corrected chi connectivity index (χ3v) is 5.80. The number of amides is 2. The van der Waals surface area contributed by atoms with E-state index in [-0.39, 0.29) is 11.8 Å². The monoisotopic (exact) mass is 373 g/mol. The van der Waals surface area contributed by atoms with Crippen molar-refractivity contribution >= 4 is 17.5 Å². The number of carbonyl (C=O) groups is 2. The Bertz CT molecular complexity index is 629. The van der Waals surface area contributed by atoms with Crippen molar-refractivity contribution in [3.8, 4) is 0 Å². The largest absolute Gasteiger partial charge is 0.383 e. The molecule has 0 aromatic heterocycles. The van der Waals surface area contributed by atoms with E-state index in [0.29, 0.717) is 18.9 Å². The van der Waals surface area contributed by atoms with Crippen LogP contribution in [0.4, 0.5) is 5.69 Å². The van der Waals surface area contributed by atoms with Crippen molar-refractivity contribution < 1.29 is 14.3 Å². The van der Waals surface area contributed by atoms with E-state index in [9.17, 15) is 9.59 Å². The van der Waals surface area contributed by atoms with Gasteiger partial charge in [0.25, 0.3) is 0 Å². The van der Waals surface area contributed by atoms with Crippen molar-refractivity contribution in [2.24, 2.45) is 11.8 Å². The molecule has 2 aliphatic rings. The van der Waals surface area contributed by atoms with Crippen LogP contribution in [0.3, 0.4) is 0 Å². The molecule has 3 rings (SSSR count). The van der Waals surface area contributed by atoms with Crippen LogP contribution in [0, 0.1) is 11.8 Å². The minimum Gasteiger partial charge on any atom is -0.383 e. The zero-order chi connectivity index (χ0) is 19.2. The molecule has 148 valence electrons. The maximum atomic E-state index is 12.9. The first-order chi connectivity index (χ1) is 13.1. The molecule has 0 radical (unpaired) electrons. The Balaban J connectivity index is 1.49. The number of methoxy groups -OCH3 is 1. The molecule has 6 nitrogen and oxygen atoms in total. The molecule has 2 saturated heterocycles. The summed E-state index contributed by atoms with van der Waals surface area (Å²) in [4.78, 5) is 31.6. The summed E-state index contributed by atoms with van der Waals surface area (Å²) in [7, 11) is 3.58. The zero-order valence-corrected chi connectivity index (χ0v) is 16.5. The summed E-state index contributed by atoms with van der Waals surface area (Å²) in [5, 5.41) is 0. The van der Waals surface area contributed by atoms with Gasteiger partial charge in [-0.3, -0.25) is 9.59 Å². The Morgan fingerprint density at radius 3 is 2.52 bits per heavy atom. The average molecular weight is 373 g/mol. The molecule has 0 unspecified atom stereocenters. The molecule has 0 N–H and O–H groups in total. The fourth-order valence-corrected chi connectivity index (χ4v) is 4.13. The van der Waals surface area contributed by atoms with E-state index >= 15 is 0 Å². The number of anilines is 1. The number of carbonyl (C=O) groups excluding carboxylic acids is 2. The topological polar surface area (TPSA) is 53.1 Å². The molecule has 0 aliphatic carbocycles. The van der Waals surface area contributed by atoms with E-state index in [4.69, 9.17) is 4.74 Å². The molecule has 0 bridgehead atoms. The third kappa shape index (κ3) is 4.87. The number of hydrogen-bond acceptors (Lipinski definition) is 4. The van der Waals surface area contributed by atoms with Crippen LogP contribution in [-0.2, 0) is 14.3 Å². The van der Waals surface area contributed by atoms with Gasteiger partial charge in [-0.15, -0.1) is 0 Å². The second-order valence-corrected chi connectivity index (χ2v) is 7.66. The van der Waals surface area contributed by atoms with Gasteiger partial charge in [0.15, 0.2) is 0 Å². The number of piperidine rings is 1. The first-order valence-electron chi connectivity index (χ1n) is 9.93. The number of ether oxygens (including phenoxy) is 1. The summed E-state index contributed by atoms with van der Waals surface area (Å²) < 4.78 is 5.14. The van der Waals surface area contributed by atoms with Crippen molar-refractivity contribution in [3.05, 3.63) is 30.3 Å². The summed E-state index contributed by atoms with van der Waals surface area (Å²) in [5.41, 5.74) is 0.879. The predicted molar refractivity (Wildman–Crippen MR) is 106 cm³/mol. The molecule has 6 heteroatoms. The highest BCUT2D eigenvalue weighted by molar-refractivity contribution is 6.09. The molecule has 27 heavy (non-hydrogen) atoms. The standard InChI is InChI=1S/C21H31N3O3/c1-22(16-17-8-11-23(12-9-17)14-15-27-2)20(25)19-10-13-24(21(19)26)18-6-4-3-5-7-18/h3-7,17,19H,8-16H2,1-2H3/t19-/m1/s1. The van der Waals surface area contributed by atoms with Crippen LogP contribution in [0.2, 0.25) is 0 Å². The fourth-order valence-electron chi connectivity index (χ4n) is 4.13. The molecular weight excluding hydrogens is 342 g/mol. The molecule has 2 aliphatic heterocycles. The van der Waals surface area contributed by atoms with Crippen LogP contribution < -0.4 is 4.90 Å². The molecule has 2 heterocycles. The van der Waals surface area contributed by atoms with E-state index in [1.54, 1.807) is 16.9 Å². The number of rotatable bonds is 7. The van der Waals surface area contributed by atoms with Crippen molar-refractivity contribution in [1.29, 1.82) is 0 Å². The molecular formula is C21H31N3O3. The summed E-state index contributed by atoms with van der Waals surface area (Å²) in [6.07, 6.45) is 2.79. The van der Waals surface area contributed by atoms with E-state index < -0.39 is 5.92 Å². The summed E-state index contributed by atoms with van der Waals surface area (Å²) in [6, 6.07) is 9.62. The Morgan fingerprint density at radius 1 is 1.15 bits per heavy atom. The first-order valence-corrected chi connectivity index (χ1v) is 9.93. The lowest BCUT2D eigenvalue weighted by molar-refractivity contribution is -0.139. The quantitative estimate of drug-likeness (QED) is 0.685. The normalized spacial score (nSPS) is 21.6. The van der Waals surface area contributed by atoms with Gasteiger partial charge < -0.3 is 19.4 Å². The van der Waals surface area contributed by atoms with Crippen LogP contribution in [0.25, 0.3) is 0 Å². The SMILES string of the molecule is COCCN1CCC(CN(C)C(=O)[C@H]2CCN(c3ccccc3)C2=O)CC1. The summed E-state index contributed by atoms with van der Waals surface area (Å²) >= 11 is 0. The van der Waals surface area contributed by atoms with Crippen molar-refractivity contribution in [1.82, 2.24) is 9.80 Å². The highest BCUT2D eigenvalue weighted by atomic mass is 16.5. The molecule has 0 spiro atoms. The maximum Gasteiger partial charge on any atom is 0.239 e. The number of hydrogen-bond donors (Lipinski definition) is 0. The van der Waals surface area contributed by atoms with Gasteiger partial charge in [0.05, 0.1) is 6.61 Å². The van der Waals surface area contributed by atoms with Crippen LogP contribution in [0.1, 0.15) is 19.3 Å². The molecule has 1 aromatic carbocycles. The Labute approximate surface area is 162 Å². The van der Waals surface area contributed by atoms with Gasteiger partial charge in [0.2, 0.25) is 11.8 Å². The predicted octanol–water partition coefficient (Wildman–Crippen LogP) is 1.86. The minimum absolute atomic E-state index is 0.0276. The van der Waals surface area contributed by atoms with Crippen molar-refractivity contribution in [2.45, 2.75) is 19.3 Å². The van der Waals surface area contributed by atoms with Gasteiger partial charge >= 0.3 is 0 Å². The lowest BCUT2D eigenvalue weighted by Crippen LogP contribution is -2.43. The lowest BCUT2D eigenvalue weighted by Gasteiger charge is -2.34. The molecule has 2 fully saturated rings. The molecule has 0 saturated carbocycles. The van der Waals surface area contributed by atoms with Gasteiger partial charge in [0.1, 0.15) is 5.92 Å². The highest BCUT2D eigenvalue weighted by Gasteiger charge is 2.39. The first kappa shape index (κ1) is 19.8. The van der Waals surface area contributed by atoms with Gasteiger partial charge in [-0.1, -0.05) is 18.2 Å². The Morgan fingerprint density at radius 2 is 1.85 bits per heavy atom. The van der Waals surface area contributed by atoms with Gasteiger partial charge in [-0.05, 0) is 50.4 Å². The second-order valence-electron chi connectivity index (χ2n) is 7.66. The van der Waals surface area contributed by atoms with E-state index in [1.165, 1.54) is 0 Å². The van der Waals surface area contributed by atoms with E-state index in [0.717, 1.165) is 51.3 Å².